The van der Waals surface area contributed by atoms with Crippen molar-refractivity contribution in [3.05, 3.63) is 45.9 Å². The fraction of sp³-hybridized carbons (Fsp3) is 0.444. The molecule has 1 amide bonds. The van der Waals surface area contributed by atoms with E-state index in [4.69, 9.17) is 0 Å². The lowest BCUT2D eigenvalue weighted by molar-refractivity contribution is -0.126. The molecular weight excluding hydrogens is 370 g/mol. The number of sulfonamides is 1. The molecule has 1 fully saturated rings. The van der Waals surface area contributed by atoms with Crippen LogP contribution in [-0.2, 0) is 21.4 Å². The van der Waals surface area contributed by atoms with Crippen molar-refractivity contribution < 1.29 is 13.2 Å². The van der Waals surface area contributed by atoms with Gasteiger partial charge < -0.3 is 5.32 Å². The van der Waals surface area contributed by atoms with Crippen LogP contribution in [0.1, 0.15) is 29.1 Å². The number of hydrogen-bond donors (Lipinski definition) is 1. The first kappa shape index (κ1) is 19.0. The Morgan fingerprint density at radius 2 is 1.88 bits per heavy atom. The molecule has 1 aliphatic heterocycles. The highest BCUT2D eigenvalue weighted by atomic mass is 32.2. The van der Waals surface area contributed by atoms with Gasteiger partial charge >= 0.3 is 0 Å². The van der Waals surface area contributed by atoms with Crippen molar-refractivity contribution >= 4 is 27.3 Å². The SMILES string of the molecule is Cc1ccc(S(=O)(=O)N2CCC(C(=O)NCc3csc(C)n3)CC2)cc1. The van der Waals surface area contributed by atoms with Crippen molar-refractivity contribution in [3.8, 4) is 0 Å². The van der Waals surface area contributed by atoms with Crippen molar-refractivity contribution in [1.29, 1.82) is 0 Å². The van der Waals surface area contributed by atoms with Gasteiger partial charge in [0.05, 0.1) is 22.1 Å². The zero-order chi connectivity index (χ0) is 18.7. The van der Waals surface area contributed by atoms with Crippen LogP contribution in [0.15, 0.2) is 34.5 Å². The Hall–Kier alpha value is -1.77. The molecule has 3 rings (SSSR count). The second-order valence-electron chi connectivity index (χ2n) is 6.57. The van der Waals surface area contributed by atoms with Crippen molar-refractivity contribution in [3.63, 3.8) is 0 Å². The highest BCUT2D eigenvalue weighted by Gasteiger charge is 2.31. The molecule has 1 aliphatic rings. The van der Waals surface area contributed by atoms with E-state index in [0.29, 0.717) is 37.4 Å². The molecule has 1 aromatic carbocycles. The minimum absolute atomic E-state index is 0.0250. The highest BCUT2D eigenvalue weighted by Crippen LogP contribution is 2.24. The third-order valence-electron chi connectivity index (χ3n) is 4.59. The third kappa shape index (κ3) is 4.31. The zero-order valence-electron chi connectivity index (χ0n) is 14.9. The maximum atomic E-state index is 12.7. The number of aromatic nitrogens is 1. The summed E-state index contributed by atoms with van der Waals surface area (Å²) in [6.07, 6.45) is 1.07. The molecule has 8 heteroatoms. The summed E-state index contributed by atoms with van der Waals surface area (Å²) in [5.74, 6) is -0.178. The van der Waals surface area contributed by atoms with Gasteiger partial charge in [0, 0.05) is 24.4 Å². The van der Waals surface area contributed by atoms with Gasteiger partial charge in [0.1, 0.15) is 0 Å². The molecule has 0 unspecified atom stereocenters. The minimum Gasteiger partial charge on any atom is -0.350 e. The molecule has 0 saturated carbocycles. The van der Waals surface area contributed by atoms with Crippen molar-refractivity contribution in [2.24, 2.45) is 5.92 Å². The Morgan fingerprint density at radius 1 is 1.23 bits per heavy atom. The smallest absolute Gasteiger partial charge is 0.243 e. The number of amides is 1. The summed E-state index contributed by atoms with van der Waals surface area (Å²) in [7, 11) is -3.49. The number of aryl methyl sites for hydroxylation is 2. The van der Waals surface area contributed by atoms with Crippen molar-refractivity contribution in [1.82, 2.24) is 14.6 Å². The number of carbonyl (C=O) groups is 1. The Bertz CT molecular complexity index is 867. The minimum atomic E-state index is -3.49. The van der Waals surface area contributed by atoms with Gasteiger partial charge in [-0.25, -0.2) is 13.4 Å². The number of carbonyl (C=O) groups excluding carboxylic acids is 1. The summed E-state index contributed by atoms with van der Waals surface area (Å²) in [5.41, 5.74) is 1.88. The number of nitrogens with zero attached hydrogens (tertiary/aromatic N) is 2. The summed E-state index contributed by atoms with van der Waals surface area (Å²) >= 11 is 1.56. The molecule has 0 aliphatic carbocycles. The average molecular weight is 394 g/mol. The molecule has 0 bridgehead atoms. The van der Waals surface area contributed by atoms with E-state index in [1.165, 1.54) is 4.31 Å². The van der Waals surface area contributed by atoms with Gasteiger partial charge in [-0.05, 0) is 38.8 Å². The normalized spacial score (nSPS) is 16.5. The molecule has 2 aromatic rings. The summed E-state index contributed by atoms with van der Waals surface area (Å²) < 4.78 is 26.9. The zero-order valence-corrected chi connectivity index (χ0v) is 16.6. The van der Waals surface area contributed by atoms with Crippen molar-refractivity contribution in [2.45, 2.75) is 38.1 Å². The number of hydrogen-bond acceptors (Lipinski definition) is 5. The van der Waals surface area contributed by atoms with Gasteiger partial charge in [0.15, 0.2) is 0 Å². The Morgan fingerprint density at radius 3 is 2.46 bits per heavy atom. The molecule has 140 valence electrons. The number of piperidine rings is 1. The quantitative estimate of drug-likeness (QED) is 0.846. The predicted molar refractivity (Wildman–Crippen MR) is 101 cm³/mol. The van der Waals surface area contributed by atoms with E-state index in [1.54, 1.807) is 35.6 Å². The average Bonchev–Trinajstić information content (AvgIpc) is 3.05. The lowest BCUT2D eigenvalue weighted by Crippen LogP contribution is -2.42. The van der Waals surface area contributed by atoms with E-state index in [1.807, 2.05) is 19.2 Å². The first-order valence-corrected chi connectivity index (χ1v) is 10.9. The van der Waals surface area contributed by atoms with Crippen LogP contribution in [0, 0.1) is 19.8 Å². The number of rotatable bonds is 5. The first-order valence-electron chi connectivity index (χ1n) is 8.62. The van der Waals surface area contributed by atoms with E-state index >= 15 is 0 Å². The lowest BCUT2D eigenvalue weighted by Gasteiger charge is -2.30. The van der Waals surface area contributed by atoms with Crippen LogP contribution < -0.4 is 5.32 Å². The molecule has 1 N–H and O–H groups in total. The number of benzene rings is 1. The molecular formula is C18H23N3O3S2. The van der Waals surface area contributed by atoms with Gasteiger partial charge in [-0.15, -0.1) is 11.3 Å². The van der Waals surface area contributed by atoms with E-state index < -0.39 is 10.0 Å². The molecule has 1 aromatic heterocycles. The first-order chi connectivity index (χ1) is 12.4. The van der Waals surface area contributed by atoms with E-state index in [0.717, 1.165) is 16.3 Å². The summed E-state index contributed by atoms with van der Waals surface area (Å²) in [5, 5.41) is 5.82. The number of thiazole rings is 1. The topological polar surface area (TPSA) is 79.4 Å². The van der Waals surface area contributed by atoms with Crippen LogP contribution in [0.3, 0.4) is 0 Å². The molecule has 6 nitrogen and oxygen atoms in total. The maximum Gasteiger partial charge on any atom is 0.243 e. The molecule has 0 spiro atoms. The number of nitrogens with one attached hydrogen (secondary N) is 1. The van der Waals surface area contributed by atoms with Gasteiger partial charge in [-0.3, -0.25) is 4.79 Å². The van der Waals surface area contributed by atoms with Crippen LogP contribution in [-0.4, -0.2) is 36.7 Å². The van der Waals surface area contributed by atoms with Crippen LogP contribution in [0.4, 0.5) is 0 Å². The van der Waals surface area contributed by atoms with Crippen LogP contribution >= 0.6 is 11.3 Å². The predicted octanol–water partition coefficient (Wildman–Crippen LogP) is 2.48. The monoisotopic (exact) mass is 393 g/mol. The summed E-state index contributed by atoms with van der Waals surface area (Å²) in [6, 6.07) is 6.87. The van der Waals surface area contributed by atoms with Crippen LogP contribution in [0.5, 0.6) is 0 Å². The Balaban J connectivity index is 1.54. The summed E-state index contributed by atoms with van der Waals surface area (Å²) in [6.45, 7) is 5.01. The highest BCUT2D eigenvalue weighted by molar-refractivity contribution is 7.89. The van der Waals surface area contributed by atoms with Gasteiger partial charge in [0.2, 0.25) is 15.9 Å². The second-order valence-corrected chi connectivity index (χ2v) is 9.57. The van der Waals surface area contributed by atoms with E-state index in [2.05, 4.69) is 10.3 Å². The summed E-state index contributed by atoms with van der Waals surface area (Å²) in [4.78, 5) is 17.0. The van der Waals surface area contributed by atoms with Crippen molar-refractivity contribution in [2.75, 3.05) is 13.1 Å². The van der Waals surface area contributed by atoms with Gasteiger partial charge in [0.25, 0.3) is 0 Å². The lowest BCUT2D eigenvalue weighted by atomic mass is 9.97. The Kier molecular flexibility index (Phi) is 5.74. The fourth-order valence-corrected chi connectivity index (χ4v) is 5.11. The molecule has 1 saturated heterocycles. The van der Waals surface area contributed by atoms with Gasteiger partial charge in [-0.1, -0.05) is 17.7 Å². The maximum absolute atomic E-state index is 12.7. The molecule has 26 heavy (non-hydrogen) atoms. The second kappa shape index (κ2) is 7.85. The molecule has 0 radical (unpaired) electrons. The standard InChI is InChI=1S/C18H23N3O3S2/c1-13-3-5-17(6-4-13)26(23,24)21-9-7-15(8-10-21)18(22)19-11-16-12-25-14(2)20-16/h3-6,12,15H,7-11H2,1-2H3,(H,19,22). The largest absolute Gasteiger partial charge is 0.350 e. The van der Waals surface area contributed by atoms with Crippen LogP contribution in [0.2, 0.25) is 0 Å². The molecule has 2 heterocycles. The van der Waals surface area contributed by atoms with E-state index in [-0.39, 0.29) is 11.8 Å². The van der Waals surface area contributed by atoms with E-state index in [9.17, 15) is 13.2 Å². The molecule has 0 atom stereocenters. The Labute approximate surface area is 158 Å². The van der Waals surface area contributed by atoms with Crippen LogP contribution in [0.25, 0.3) is 0 Å². The fourth-order valence-electron chi connectivity index (χ4n) is 3.03. The van der Waals surface area contributed by atoms with Gasteiger partial charge in [-0.2, -0.15) is 4.31 Å². The third-order valence-corrected chi connectivity index (χ3v) is 7.33.